The number of aryl methyl sites for hydroxylation is 1. The zero-order chi connectivity index (χ0) is 19.4. The zero-order valence-electron chi connectivity index (χ0n) is 16.3. The van der Waals surface area contributed by atoms with Crippen molar-refractivity contribution in [3.05, 3.63) is 29.8 Å². The van der Waals surface area contributed by atoms with E-state index in [0.29, 0.717) is 31.3 Å². The summed E-state index contributed by atoms with van der Waals surface area (Å²) >= 11 is 0. The van der Waals surface area contributed by atoms with E-state index in [1.165, 1.54) is 6.26 Å². The van der Waals surface area contributed by atoms with Gasteiger partial charge in [0.1, 0.15) is 5.75 Å². The largest absolute Gasteiger partial charge is 0.497 e. The Kier molecular flexibility index (Phi) is 6.42. The Bertz CT molecular complexity index is 740. The van der Waals surface area contributed by atoms with Crippen molar-refractivity contribution in [3.8, 4) is 5.75 Å². The van der Waals surface area contributed by atoms with E-state index in [1.54, 1.807) is 11.4 Å². The lowest BCUT2D eigenvalue weighted by Gasteiger charge is -2.33. The Morgan fingerprint density at radius 1 is 1.07 bits per heavy atom. The molecule has 2 saturated heterocycles. The number of amides is 1. The first-order chi connectivity index (χ1) is 12.9. The number of likely N-dealkylation sites (tertiary alicyclic amines) is 1. The van der Waals surface area contributed by atoms with Crippen LogP contribution in [0, 0.1) is 11.8 Å². The predicted octanol–water partition coefficient (Wildman–Crippen LogP) is 2.15. The maximum atomic E-state index is 12.6. The van der Waals surface area contributed by atoms with Crippen molar-refractivity contribution in [2.24, 2.45) is 11.8 Å². The highest BCUT2D eigenvalue weighted by Crippen LogP contribution is 2.32. The molecule has 27 heavy (non-hydrogen) atoms. The van der Waals surface area contributed by atoms with Crippen LogP contribution in [0.3, 0.4) is 0 Å². The molecule has 6 nitrogen and oxygen atoms in total. The molecule has 1 unspecified atom stereocenters. The SMILES string of the molecule is COc1ccc(CCC(=O)N2CCC(C3CCN(S(C)(=O)=O)CC3)C2)cc1. The van der Waals surface area contributed by atoms with E-state index < -0.39 is 10.0 Å². The molecule has 0 aromatic heterocycles. The van der Waals surface area contributed by atoms with Gasteiger partial charge in [-0.15, -0.1) is 0 Å². The molecule has 7 heteroatoms. The number of benzene rings is 1. The van der Waals surface area contributed by atoms with Crippen molar-refractivity contribution in [1.82, 2.24) is 9.21 Å². The third-order valence-electron chi connectivity index (χ3n) is 6.00. The molecule has 2 heterocycles. The lowest BCUT2D eigenvalue weighted by molar-refractivity contribution is -0.130. The van der Waals surface area contributed by atoms with Gasteiger partial charge in [0.2, 0.25) is 15.9 Å². The van der Waals surface area contributed by atoms with E-state index in [1.807, 2.05) is 29.2 Å². The Morgan fingerprint density at radius 2 is 1.70 bits per heavy atom. The topological polar surface area (TPSA) is 66.9 Å². The van der Waals surface area contributed by atoms with Gasteiger partial charge in [-0.25, -0.2) is 12.7 Å². The number of ether oxygens (including phenoxy) is 1. The number of hydrogen-bond donors (Lipinski definition) is 0. The fraction of sp³-hybridized carbons (Fsp3) is 0.650. The zero-order valence-corrected chi connectivity index (χ0v) is 17.1. The number of nitrogens with zero attached hydrogens (tertiary/aromatic N) is 2. The predicted molar refractivity (Wildman–Crippen MR) is 105 cm³/mol. The minimum Gasteiger partial charge on any atom is -0.497 e. The van der Waals surface area contributed by atoms with E-state index in [0.717, 1.165) is 50.1 Å². The number of piperidine rings is 1. The standard InChI is InChI=1S/C20H30N2O4S/c1-26-19-6-3-16(4-7-19)5-8-20(23)21-12-9-18(15-21)17-10-13-22(14-11-17)27(2,24)25/h3-4,6-7,17-18H,5,8-15H2,1-2H3. The molecule has 1 amide bonds. The first-order valence-corrected chi connectivity index (χ1v) is 11.6. The second-order valence-electron chi connectivity index (χ2n) is 7.74. The molecule has 0 radical (unpaired) electrons. The van der Waals surface area contributed by atoms with E-state index in [2.05, 4.69) is 0 Å². The fourth-order valence-corrected chi connectivity index (χ4v) is 5.15. The van der Waals surface area contributed by atoms with E-state index >= 15 is 0 Å². The number of hydrogen-bond acceptors (Lipinski definition) is 4. The van der Waals surface area contributed by atoms with Crippen LogP contribution in [0.5, 0.6) is 5.75 Å². The van der Waals surface area contributed by atoms with Gasteiger partial charge < -0.3 is 9.64 Å². The van der Waals surface area contributed by atoms with E-state index in [-0.39, 0.29) is 5.91 Å². The third-order valence-corrected chi connectivity index (χ3v) is 7.30. The number of carbonyl (C=O) groups excluding carboxylic acids is 1. The van der Waals surface area contributed by atoms with Crippen molar-refractivity contribution in [2.45, 2.75) is 32.1 Å². The lowest BCUT2D eigenvalue weighted by atomic mass is 9.84. The molecule has 2 aliphatic heterocycles. The van der Waals surface area contributed by atoms with Crippen LogP contribution < -0.4 is 4.74 Å². The Labute approximate surface area is 162 Å². The summed E-state index contributed by atoms with van der Waals surface area (Å²) in [7, 11) is -1.43. The molecule has 1 aromatic carbocycles. The van der Waals surface area contributed by atoms with Crippen LogP contribution in [0.15, 0.2) is 24.3 Å². The van der Waals surface area contributed by atoms with Gasteiger partial charge in [-0.05, 0) is 55.2 Å². The molecule has 150 valence electrons. The molecular weight excluding hydrogens is 364 g/mol. The van der Waals surface area contributed by atoms with Gasteiger partial charge >= 0.3 is 0 Å². The van der Waals surface area contributed by atoms with Gasteiger partial charge in [0.15, 0.2) is 0 Å². The van der Waals surface area contributed by atoms with Gasteiger partial charge in [-0.1, -0.05) is 12.1 Å². The Morgan fingerprint density at radius 3 is 2.30 bits per heavy atom. The maximum Gasteiger partial charge on any atom is 0.222 e. The number of sulfonamides is 1. The highest BCUT2D eigenvalue weighted by molar-refractivity contribution is 7.88. The van der Waals surface area contributed by atoms with Crippen molar-refractivity contribution in [1.29, 1.82) is 0 Å². The van der Waals surface area contributed by atoms with Gasteiger partial charge in [-0.3, -0.25) is 4.79 Å². The molecule has 0 N–H and O–H groups in total. The monoisotopic (exact) mass is 394 g/mol. The molecular formula is C20H30N2O4S. The highest BCUT2D eigenvalue weighted by atomic mass is 32.2. The van der Waals surface area contributed by atoms with E-state index in [9.17, 15) is 13.2 Å². The van der Waals surface area contributed by atoms with Gasteiger partial charge in [0.25, 0.3) is 0 Å². The molecule has 0 spiro atoms. The average Bonchev–Trinajstić information content (AvgIpc) is 3.16. The van der Waals surface area contributed by atoms with Crippen LogP contribution in [0.25, 0.3) is 0 Å². The second-order valence-corrected chi connectivity index (χ2v) is 9.72. The van der Waals surface area contributed by atoms with Crippen LogP contribution >= 0.6 is 0 Å². The summed E-state index contributed by atoms with van der Waals surface area (Å²) < 4.78 is 30.0. The van der Waals surface area contributed by atoms with Crippen LogP contribution in [0.4, 0.5) is 0 Å². The normalized spacial score (nSPS) is 22.1. The Hall–Kier alpha value is -1.60. The second kappa shape index (κ2) is 8.61. The van der Waals surface area contributed by atoms with Crippen molar-refractivity contribution in [3.63, 3.8) is 0 Å². The van der Waals surface area contributed by atoms with Crippen molar-refractivity contribution in [2.75, 3.05) is 39.5 Å². The summed E-state index contributed by atoms with van der Waals surface area (Å²) in [5.74, 6) is 2.09. The first-order valence-electron chi connectivity index (χ1n) is 9.72. The summed E-state index contributed by atoms with van der Waals surface area (Å²) in [6.45, 7) is 2.89. The van der Waals surface area contributed by atoms with Crippen LogP contribution in [-0.4, -0.2) is 63.1 Å². The molecule has 2 aliphatic rings. The number of rotatable bonds is 6. The first kappa shape index (κ1) is 20.1. The Balaban J connectivity index is 1.44. The van der Waals surface area contributed by atoms with Crippen molar-refractivity contribution >= 4 is 15.9 Å². The van der Waals surface area contributed by atoms with Crippen LogP contribution in [0.2, 0.25) is 0 Å². The number of methoxy groups -OCH3 is 1. The average molecular weight is 395 g/mol. The minimum absolute atomic E-state index is 0.224. The van der Waals surface area contributed by atoms with Crippen LogP contribution in [0.1, 0.15) is 31.2 Å². The van der Waals surface area contributed by atoms with Crippen molar-refractivity contribution < 1.29 is 17.9 Å². The number of carbonyl (C=O) groups is 1. The molecule has 0 aliphatic carbocycles. The molecule has 0 saturated carbocycles. The maximum absolute atomic E-state index is 12.6. The third kappa shape index (κ3) is 5.23. The summed E-state index contributed by atoms with van der Waals surface area (Å²) in [6, 6.07) is 7.87. The molecule has 0 bridgehead atoms. The van der Waals surface area contributed by atoms with Gasteiger partial charge in [0.05, 0.1) is 13.4 Å². The van der Waals surface area contributed by atoms with E-state index in [4.69, 9.17) is 4.74 Å². The molecule has 1 atom stereocenters. The molecule has 1 aromatic rings. The van der Waals surface area contributed by atoms with Gasteiger partial charge in [0, 0.05) is 32.6 Å². The smallest absolute Gasteiger partial charge is 0.222 e. The van der Waals surface area contributed by atoms with Crippen LogP contribution in [-0.2, 0) is 21.2 Å². The quantitative estimate of drug-likeness (QED) is 0.741. The fourth-order valence-electron chi connectivity index (χ4n) is 4.28. The summed E-state index contributed by atoms with van der Waals surface area (Å²) in [4.78, 5) is 14.6. The molecule has 2 fully saturated rings. The summed E-state index contributed by atoms with van der Waals surface area (Å²) in [5, 5.41) is 0. The molecule has 3 rings (SSSR count). The summed E-state index contributed by atoms with van der Waals surface area (Å²) in [6.07, 6.45) is 5.42. The minimum atomic E-state index is -3.07. The van der Waals surface area contributed by atoms with Gasteiger partial charge in [-0.2, -0.15) is 0 Å². The summed E-state index contributed by atoms with van der Waals surface area (Å²) in [5.41, 5.74) is 1.15. The highest BCUT2D eigenvalue weighted by Gasteiger charge is 2.34. The lowest BCUT2D eigenvalue weighted by Crippen LogP contribution is -2.40.